The quantitative estimate of drug-likeness (QED) is 0.739. The van der Waals surface area contributed by atoms with Gasteiger partial charge in [-0.15, -0.1) is 11.8 Å². The third-order valence-electron chi connectivity index (χ3n) is 3.81. The molecule has 1 aliphatic carbocycles. The Labute approximate surface area is 102 Å². The first kappa shape index (κ1) is 10.7. The van der Waals surface area contributed by atoms with Crippen LogP contribution in [0.5, 0.6) is 0 Å². The minimum atomic E-state index is 0.348. The summed E-state index contributed by atoms with van der Waals surface area (Å²) in [4.78, 5) is 0.348. The van der Waals surface area contributed by atoms with E-state index in [1.165, 1.54) is 31.6 Å². The summed E-state index contributed by atoms with van der Waals surface area (Å²) in [6.07, 6.45) is 3.74. The van der Waals surface area contributed by atoms with Gasteiger partial charge in [0.1, 0.15) is 0 Å². The maximum atomic E-state index is 3.79. The van der Waals surface area contributed by atoms with E-state index in [9.17, 15) is 0 Å². The van der Waals surface area contributed by atoms with Crippen molar-refractivity contribution in [1.29, 1.82) is 0 Å². The first-order chi connectivity index (χ1) is 7.77. The lowest BCUT2D eigenvalue weighted by molar-refractivity contribution is 0.373. The molecule has 1 spiro atoms. The maximum absolute atomic E-state index is 3.79. The average Bonchev–Trinajstić information content (AvgIpc) is 2.33. The molecular formula is C14H19NS. The zero-order valence-corrected chi connectivity index (χ0v) is 10.6. The lowest BCUT2D eigenvalue weighted by Crippen LogP contribution is -2.52. The fourth-order valence-corrected chi connectivity index (χ4v) is 4.16. The van der Waals surface area contributed by atoms with Gasteiger partial charge in [0.15, 0.2) is 0 Å². The Bertz CT molecular complexity index is 380. The molecule has 1 fully saturated rings. The number of rotatable bonds is 0. The number of benzene rings is 1. The molecule has 1 aliphatic heterocycles. The van der Waals surface area contributed by atoms with Gasteiger partial charge in [-0.2, -0.15) is 0 Å². The molecule has 3 rings (SSSR count). The highest BCUT2D eigenvalue weighted by Crippen LogP contribution is 2.39. The van der Waals surface area contributed by atoms with E-state index in [2.05, 4.69) is 48.3 Å². The van der Waals surface area contributed by atoms with Crippen molar-refractivity contribution in [2.24, 2.45) is 5.92 Å². The normalized spacial score (nSPS) is 33.7. The van der Waals surface area contributed by atoms with Crippen LogP contribution in [-0.4, -0.2) is 17.2 Å². The van der Waals surface area contributed by atoms with Gasteiger partial charge in [0.05, 0.1) is 4.87 Å². The molecule has 1 nitrogen and oxygen atoms in total. The molecule has 0 aromatic heterocycles. The predicted octanol–water partition coefficient (Wildman–Crippen LogP) is 2.84. The molecule has 16 heavy (non-hydrogen) atoms. The fraction of sp³-hybridized carbons (Fsp3) is 0.571. The number of thioether (sulfide) groups is 1. The van der Waals surface area contributed by atoms with Crippen molar-refractivity contribution in [3.63, 3.8) is 0 Å². The van der Waals surface area contributed by atoms with Gasteiger partial charge in [-0.05, 0) is 42.2 Å². The Hall–Kier alpha value is -0.470. The van der Waals surface area contributed by atoms with Crippen LogP contribution in [0.1, 0.15) is 24.5 Å². The third kappa shape index (κ3) is 1.89. The van der Waals surface area contributed by atoms with Gasteiger partial charge in [-0.1, -0.05) is 31.2 Å². The van der Waals surface area contributed by atoms with Crippen molar-refractivity contribution >= 4 is 11.8 Å². The van der Waals surface area contributed by atoms with Crippen LogP contribution in [0.2, 0.25) is 0 Å². The minimum absolute atomic E-state index is 0.348. The number of hydrogen-bond acceptors (Lipinski definition) is 2. The van der Waals surface area contributed by atoms with Gasteiger partial charge in [0, 0.05) is 6.42 Å². The topological polar surface area (TPSA) is 12.0 Å². The molecule has 2 aliphatic rings. The molecule has 1 saturated heterocycles. The van der Waals surface area contributed by atoms with Crippen molar-refractivity contribution < 1.29 is 0 Å². The van der Waals surface area contributed by atoms with Gasteiger partial charge in [0.25, 0.3) is 0 Å². The maximum Gasteiger partial charge on any atom is 0.0689 e. The molecule has 0 bridgehead atoms. The Kier molecular flexibility index (Phi) is 2.72. The second-order valence-electron chi connectivity index (χ2n) is 5.24. The second kappa shape index (κ2) is 4.08. The van der Waals surface area contributed by atoms with Crippen molar-refractivity contribution in [3.05, 3.63) is 35.4 Å². The molecule has 1 aromatic rings. The van der Waals surface area contributed by atoms with E-state index in [1.54, 1.807) is 11.1 Å². The molecule has 2 atom stereocenters. The van der Waals surface area contributed by atoms with E-state index in [4.69, 9.17) is 0 Å². The standard InChI is InChI=1S/C14H19NS/c1-11-9-15-14(16-10-11)7-6-12-4-2-3-5-13(12)8-14/h2-5,11,15H,6-10H2,1H3. The van der Waals surface area contributed by atoms with Crippen LogP contribution in [0.25, 0.3) is 0 Å². The van der Waals surface area contributed by atoms with Crippen molar-refractivity contribution in [1.82, 2.24) is 5.32 Å². The van der Waals surface area contributed by atoms with Crippen LogP contribution in [-0.2, 0) is 12.8 Å². The largest absolute Gasteiger partial charge is 0.302 e. The predicted molar refractivity (Wildman–Crippen MR) is 70.8 cm³/mol. The summed E-state index contributed by atoms with van der Waals surface area (Å²) in [5.74, 6) is 2.14. The molecule has 2 heteroatoms. The van der Waals surface area contributed by atoms with E-state index < -0.39 is 0 Å². The van der Waals surface area contributed by atoms with E-state index in [1.807, 2.05) is 0 Å². The lowest BCUT2D eigenvalue weighted by atomic mass is 9.87. The van der Waals surface area contributed by atoms with Gasteiger partial charge < -0.3 is 5.32 Å². The monoisotopic (exact) mass is 233 g/mol. The smallest absolute Gasteiger partial charge is 0.0689 e. The summed E-state index contributed by atoms with van der Waals surface area (Å²) in [6, 6.07) is 8.93. The van der Waals surface area contributed by atoms with Gasteiger partial charge in [-0.25, -0.2) is 0 Å². The fourth-order valence-electron chi connectivity index (χ4n) is 2.75. The zero-order chi connectivity index (χ0) is 11.0. The molecule has 2 unspecified atom stereocenters. The van der Waals surface area contributed by atoms with Crippen LogP contribution in [0.4, 0.5) is 0 Å². The van der Waals surface area contributed by atoms with Crippen molar-refractivity contribution in [2.75, 3.05) is 12.3 Å². The summed E-state index contributed by atoms with van der Waals surface area (Å²) >= 11 is 2.15. The number of fused-ring (bicyclic) bond motifs is 1. The van der Waals surface area contributed by atoms with Crippen LogP contribution in [0.15, 0.2) is 24.3 Å². The molecule has 0 saturated carbocycles. The highest BCUT2D eigenvalue weighted by molar-refractivity contribution is 8.00. The molecular weight excluding hydrogens is 214 g/mol. The summed E-state index contributed by atoms with van der Waals surface area (Å²) in [6.45, 7) is 3.53. The molecule has 0 radical (unpaired) electrons. The van der Waals surface area contributed by atoms with Gasteiger partial charge in [-0.3, -0.25) is 0 Å². The van der Waals surface area contributed by atoms with Crippen LogP contribution in [0.3, 0.4) is 0 Å². The summed E-state index contributed by atoms with van der Waals surface area (Å²) < 4.78 is 0. The third-order valence-corrected chi connectivity index (χ3v) is 5.59. The first-order valence-corrected chi connectivity index (χ1v) is 7.22. The van der Waals surface area contributed by atoms with E-state index >= 15 is 0 Å². The Morgan fingerprint density at radius 2 is 2.12 bits per heavy atom. The number of aryl methyl sites for hydroxylation is 1. The Balaban J connectivity index is 1.82. The molecule has 1 N–H and O–H groups in total. The highest BCUT2D eigenvalue weighted by Gasteiger charge is 2.37. The highest BCUT2D eigenvalue weighted by atomic mass is 32.2. The van der Waals surface area contributed by atoms with Crippen LogP contribution < -0.4 is 5.32 Å². The Morgan fingerprint density at radius 3 is 2.88 bits per heavy atom. The van der Waals surface area contributed by atoms with E-state index in [-0.39, 0.29) is 0 Å². The SMILES string of the molecule is CC1CNC2(CCc3ccccc3C2)SC1. The van der Waals surface area contributed by atoms with Crippen molar-refractivity contribution in [3.8, 4) is 0 Å². The molecule has 86 valence electrons. The summed E-state index contributed by atoms with van der Waals surface area (Å²) in [5.41, 5.74) is 3.12. The molecule has 1 heterocycles. The van der Waals surface area contributed by atoms with Crippen LogP contribution >= 0.6 is 11.8 Å². The van der Waals surface area contributed by atoms with E-state index in [0.717, 1.165) is 5.92 Å². The number of nitrogens with one attached hydrogen (secondary N) is 1. The summed E-state index contributed by atoms with van der Waals surface area (Å²) in [5, 5.41) is 3.79. The molecule has 1 aromatic carbocycles. The van der Waals surface area contributed by atoms with Gasteiger partial charge >= 0.3 is 0 Å². The molecule has 0 amide bonds. The second-order valence-corrected chi connectivity index (χ2v) is 6.64. The first-order valence-electron chi connectivity index (χ1n) is 6.23. The summed E-state index contributed by atoms with van der Waals surface area (Å²) in [7, 11) is 0. The van der Waals surface area contributed by atoms with E-state index in [0.29, 0.717) is 4.87 Å². The number of hydrogen-bond donors (Lipinski definition) is 1. The van der Waals surface area contributed by atoms with Crippen LogP contribution in [0, 0.1) is 5.92 Å². The van der Waals surface area contributed by atoms with Crippen molar-refractivity contribution in [2.45, 2.75) is 31.1 Å². The average molecular weight is 233 g/mol. The zero-order valence-electron chi connectivity index (χ0n) is 9.83. The Morgan fingerprint density at radius 1 is 1.31 bits per heavy atom. The minimum Gasteiger partial charge on any atom is -0.302 e. The van der Waals surface area contributed by atoms with Gasteiger partial charge in [0.2, 0.25) is 0 Å². The lowest BCUT2D eigenvalue weighted by Gasteiger charge is -2.43.